The minimum Gasteiger partial charge on any atom is -0.451 e. The number of aliphatic hydroxyl groups is 1. The molecule has 0 bridgehead atoms. The summed E-state index contributed by atoms with van der Waals surface area (Å²) in [7, 11) is 0. The first-order chi connectivity index (χ1) is 11.3. The Labute approximate surface area is 144 Å². The summed E-state index contributed by atoms with van der Waals surface area (Å²) in [5.74, 6) is -0.970. The van der Waals surface area contributed by atoms with Gasteiger partial charge in [0.2, 0.25) is 0 Å². The maximum Gasteiger partial charge on any atom is 0.355 e. The predicted octanol–water partition coefficient (Wildman–Crippen LogP) is 2.78. The van der Waals surface area contributed by atoms with E-state index in [1.54, 1.807) is 32.1 Å². The van der Waals surface area contributed by atoms with Crippen LogP contribution in [0.2, 0.25) is 0 Å². The summed E-state index contributed by atoms with van der Waals surface area (Å²) in [6.45, 7) is 6.68. The second kappa shape index (κ2) is 7.63. The number of esters is 1. The zero-order chi connectivity index (χ0) is 17.9. The lowest BCUT2D eigenvalue weighted by Gasteiger charge is -2.12. The van der Waals surface area contributed by atoms with Gasteiger partial charge in [-0.1, -0.05) is 6.07 Å². The molecule has 0 aliphatic heterocycles. The first kappa shape index (κ1) is 18.2. The fourth-order valence-electron chi connectivity index (χ4n) is 2.69. The lowest BCUT2D eigenvalue weighted by Crippen LogP contribution is -2.30. The molecule has 0 saturated carbocycles. The van der Waals surface area contributed by atoms with Crippen molar-refractivity contribution in [2.75, 3.05) is 6.61 Å². The van der Waals surface area contributed by atoms with Gasteiger partial charge in [0.1, 0.15) is 5.69 Å². The molecule has 0 fully saturated rings. The van der Waals surface area contributed by atoms with E-state index >= 15 is 0 Å². The number of nitrogens with one attached hydrogen (secondary N) is 2. The fourth-order valence-corrected chi connectivity index (χ4v) is 3.42. The van der Waals surface area contributed by atoms with E-state index in [0.29, 0.717) is 16.8 Å². The van der Waals surface area contributed by atoms with E-state index in [0.717, 1.165) is 4.88 Å². The van der Waals surface area contributed by atoms with E-state index in [2.05, 4.69) is 10.3 Å². The van der Waals surface area contributed by atoms with Gasteiger partial charge in [0.25, 0.3) is 5.91 Å². The quantitative estimate of drug-likeness (QED) is 0.699. The summed E-state index contributed by atoms with van der Waals surface area (Å²) in [5, 5.41) is 14.5. The molecule has 0 saturated heterocycles. The van der Waals surface area contributed by atoms with Gasteiger partial charge in [0.05, 0.1) is 12.1 Å². The van der Waals surface area contributed by atoms with Crippen molar-refractivity contribution in [2.24, 2.45) is 0 Å². The van der Waals surface area contributed by atoms with Crippen molar-refractivity contribution in [1.29, 1.82) is 0 Å². The highest BCUT2D eigenvalue weighted by molar-refractivity contribution is 7.10. The van der Waals surface area contributed by atoms with Gasteiger partial charge >= 0.3 is 5.97 Å². The van der Waals surface area contributed by atoms with Gasteiger partial charge in [-0.15, -0.1) is 11.3 Å². The smallest absolute Gasteiger partial charge is 0.355 e. The van der Waals surface area contributed by atoms with Crippen LogP contribution in [0.15, 0.2) is 17.5 Å². The molecule has 0 unspecified atom stereocenters. The molecule has 3 N–H and O–H groups in total. The second-order valence-corrected chi connectivity index (χ2v) is 6.70. The number of hydrogen-bond donors (Lipinski definition) is 3. The molecule has 0 radical (unpaired) electrons. The molecule has 7 heteroatoms. The highest BCUT2D eigenvalue weighted by Gasteiger charge is 2.21. The zero-order valence-electron chi connectivity index (χ0n) is 14.2. The monoisotopic (exact) mass is 350 g/mol. The molecule has 130 valence electrons. The Bertz CT molecular complexity index is 719. The Kier molecular flexibility index (Phi) is 5.80. The van der Waals surface area contributed by atoms with Crippen LogP contribution in [0, 0.1) is 13.8 Å². The van der Waals surface area contributed by atoms with Crippen molar-refractivity contribution in [3.63, 3.8) is 0 Å². The highest BCUT2D eigenvalue weighted by Crippen LogP contribution is 2.24. The number of carbonyl (C=O) groups excluding carboxylic acids is 2. The maximum absolute atomic E-state index is 12.2. The fraction of sp³-hybridized carbons (Fsp3) is 0.412. The number of aryl methyl sites for hydroxylation is 1. The number of aromatic nitrogens is 1. The largest absolute Gasteiger partial charge is 0.451 e. The van der Waals surface area contributed by atoms with Gasteiger partial charge in [-0.05, 0) is 44.7 Å². The van der Waals surface area contributed by atoms with E-state index in [1.807, 2.05) is 24.4 Å². The third-order valence-corrected chi connectivity index (χ3v) is 4.85. The number of hydrogen-bond acceptors (Lipinski definition) is 5. The summed E-state index contributed by atoms with van der Waals surface area (Å²) in [6, 6.07) is 3.72. The number of aromatic amines is 1. The molecule has 0 aromatic carbocycles. The molecule has 24 heavy (non-hydrogen) atoms. The van der Waals surface area contributed by atoms with Gasteiger partial charge in [-0.25, -0.2) is 4.79 Å². The van der Waals surface area contributed by atoms with Crippen LogP contribution >= 0.6 is 11.3 Å². The second-order valence-electron chi connectivity index (χ2n) is 5.72. The van der Waals surface area contributed by atoms with Crippen LogP contribution in [0.4, 0.5) is 0 Å². The Morgan fingerprint density at radius 1 is 1.38 bits per heavy atom. The minimum absolute atomic E-state index is 0.132. The standard InChI is InChI=1S/C17H22N2O4S/c1-9-15(12(4)20)11(3)19-16(9)17(22)23-8-14(21)18-10(2)13-6-5-7-24-13/h5-7,10,12,19-20H,8H2,1-4H3,(H,18,21)/t10-,12-/m0/s1. The third-order valence-electron chi connectivity index (χ3n) is 3.80. The van der Waals surface area contributed by atoms with E-state index in [4.69, 9.17) is 4.74 Å². The highest BCUT2D eigenvalue weighted by atomic mass is 32.1. The molecule has 6 nitrogen and oxygen atoms in total. The third kappa shape index (κ3) is 4.04. The number of amides is 1. The van der Waals surface area contributed by atoms with Crippen LogP contribution < -0.4 is 5.32 Å². The molecular weight excluding hydrogens is 328 g/mol. The topological polar surface area (TPSA) is 91.4 Å². The van der Waals surface area contributed by atoms with Crippen LogP contribution in [-0.4, -0.2) is 28.6 Å². The van der Waals surface area contributed by atoms with Crippen molar-refractivity contribution in [1.82, 2.24) is 10.3 Å². The van der Waals surface area contributed by atoms with Crippen molar-refractivity contribution in [3.8, 4) is 0 Å². The van der Waals surface area contributed by atoms with E-state index in [9.17, 15) is 14.7 Å². The molecule has 2 heterocycles. The van der Waals surface area contributed by atoms with Crippen molar-refractivity contribution in [2.45, 2.75) is 39.8 Å². The number of ether oxygens (including phenoxy) is 1. The SMILES string of the molecule is Cc1[nH]c(C(=O)OCC(=O)N[C@@H](C)c2cccs2)c(C)c1[C@H](C)O. The Morgan fingerprint density at radius 3 is 2.62 bits per heavy atom. The number of rotatable bonds is 6. The minimum atomic E-state index is -0.683. The average molecular weight is 350 g/mol. The van der Waals surface area contributed by atoms with Crippen LogP contribution in [0.5, 0.6) is 0 Å². The van der Waals surface area contributed by atoms with E-state index in [-0.39, 0.29) is 24.2 Å². The molecule has 0 aliphatic carbocycles. The summed E-state index contributed by atoms with van der Waals surface area (Å²) in [4.78, 5) is 28.0. The zero-order valence-corrected chi connectivity index (χ0v) is 15.0. The Morgan fingerprint density at radius 2 is 2.08 bits per heavy atom. The Hall–Kier alpha value is -2.12. The average Bonchev–Trinajstić information content (AvgIpc) is 3.12. The van der Waals surface area contributed by atoms with Crippen molar-refractivity contribution in [3.05, 3.63) is 44.9 Å². The van der Waals surface area contributed by atoms with Crippen LogP contribution in [0.1, 0.15) is 58.2 Å². The first-order valence-corrected chi connectivity index (χ1v) is 8.56. The molecule has 2 rings (SSSR count). The number of carbonyl (C=O) groups is 2. The van der Waals surface area contributed by atoms with Gasteiger partial charge in [0.15, 0.2) is 6.61 Å². The number of thiophene rings is 1. The van der Waals surface area contributed by atoms with Gasteiger partial charge in [-0.3, -0.25) is 4.79 Å². The number of H-pyrrole nitrogens is 1. The van der Waals surface area contributed by atoms with Crippen LogP contribution in [0.25, 0.3) is 0 Å². The number of aliphatic hydroxyl groups excluding tert-OH is 1. The molecule has 1 amide bonds. The molecule has 2 aromatic heterocycles. The maximum atomic E-state index is 12.2. The summed E-state index contributed by atoms with van der Waals surface area (Å²) >= 11 is 1.55. The van der Waals surface area contributed by atoms with Crippen molar-refractivity contribution >= 4 is 23.2 Å². The Balaban J connectivity index is 1.93. The first-order valence-electron chi connectivity index (χ1n) is 7.68. The van der Waals surface area contributed by atoms with Crippen LogP contribution in [0.3, 0.4) is 0 Å². The van der Waals surface area contributed by atoms with E-state index < -0.39 is 12.1 Å². The lowest BCUT2D eigenvalue weighted by atomic mass is 10.1. The van der Waals surface area contributed by atoms with Gasteiger partial charge in [-0.2, -0.15) is 0 Å². The summed E-state index contributed by atoms with van der Waals surface area (Å²) in [5.41, 5.74) is 2.30. The van der Waals surface area contributed by atoms with Gasteiger partial charge < -0.3 is 20.1 Å². The summed E-state index contributed by atoms with van der Waals surface area (Å²) < 4.78 is 5.08. The van der Waals surface area contributed by atoms with E-state index in [1.165, 1.54) is 0 Å². The molecule has 2 atom stereocenters. The van der Waals surface area contributed by atoms with Crippen LogP contribution in [-0.2, 0) is 9.53 Å². The molecule has 0 aliphatic rings. The normalized spacial score (nSPS) is 13.4. The molecule has 2 aromatic rings. The summed E-state index contributed by atoms with van der Waals surface area (Å²) in [6.07, 6.45) is -0.683. The lowest BCUT2D eigenvalue weighted by molar-refractivity contribution is -0.124. The molecule has 0 spiro atoms. The van der Waals surface area contributed by atoms with Crippen molar-refractivity contribution < 1.29 is 19.4 Å². The van der Waals surface area contributed by atoms with Gasteiger partial charge in [0, 0.05) is 16.1 Å². The predicted molar refractivity (Wildman–Crippen MR) is 92.1 cm³/mol. The molecular formula is C17H22N2O4S.